The van der Waals surface area contributed by atoms with Crippen LogP contribution in [0, 0.1) is 0 Å². The van der Waals surface area contributed by atoms with Crippen molar-refractivity contribution in [1.82, 2.24) is 15.1 Å². The fraction of sp³-hybridized carbons (Fsp3) is 0.167. The van der Waals surface area contributed by atoms with Gasteiger partial charge in [-0.2, -0.15) is 16.4 Å². The number of fused-ring (bicyclic) bond motifs is 1. The van der Waals surface area contributed by atoms with E-state index in [0.29, 0.717) is 28.0 Å². The molecule has 4 heterocycles. The Morgan fingerprint density at radius 2 is 1.95 bits per heavy atom. The van der Waals surface area contributed by atoms with Gasteiger partial charge in [-0.1, -0.05) is 23.7 Å². The third kappa shape index (κ3) is 5.63. The van der Waals surface area contributed by atoms with Gasteiger partial charge in [0.2, 0.25) is 11.8 Å². The summed E-state index contributed by atoms with van der Waals surface area (Å²) in [6, 6.07) is 20.6. The molecule has 0 saturated heterocycles. The molecule has 2 aromatic carbocycles. The minimum atomic E-state index is -0.310. The van der Waals surface area contributed by atoms with Crippen molar-refractivity contribution in [2.45, 2.75) is 11.8 Å². The van der Waals surface area contributed by atoms with E-state index in [2.05, 4.69) is 16.8 Å². The van der Waals surface area contributed by atoms with Gasteiger partial charge in [-0.15, -0.1) is 11.8 Å². The summed E-state index contributed by atoms with van der Waals surface area (Å²) in [5.41, 5.74) is 4.23. The first kappa shape index (κ1) is 27.2. The first-order valence-corrected chi connectivity index (χ1v) is 15.1. The maximum Gasteiger partial charge on any atom is 0.240 e. The van der Waals surface area contributed by atoms with Crippen molar-refractivity contribution in [2.24, 2.45) is 0 Å². The van der Waals surface area contributed by atoms with E-state index in [4.69, 9.17) is 25.9 Å². The van der Waals surface area contributed by atoms with E-state index in [1.807, 2.05) is 53.9 Å². The van der Waals surface area contributed by atoms with Crippen molar-refractivity contribution in [1.29, 1.82) is 0 Å². The lowest BCUT2D eigenvalue weighted by Gasteiger charge is -2.23. The largest absolute Gasteiger partial charge is 0.497 e. The molecule has 0 aliphatic carbocycles. The van der Waals surface area contributed by atoms with E-state index < -0.39 is 0 Å². The van der Waals surface area contributed by atoms with E-state index >= 15 is 0 Å². The highest BCUT2D eigenvalue weighted by molar-refractivity contribution is 8.00. The first-order valence-electron chi connectivity index (χ1n) is 12.8. The number of aromatic nitrogens is 2. The zero-order valence-electron chi connectivity index (χ0n) is 22.0. The van der Waals surface area contributed by atoms with Gasteiger partial charge in [0.05, 0.1) is 42.3 Å². The smallest absolute Gasteiger partial charge is 0.240 e. The number of thiophene rings is 1. The normalized spacial score (nSPS) is 14.9. The van der Waals surface area contributed by atoms with Crippen molar-refractivity contribution in [2.75, 3.05) is 24.3 Å². The van der Waals surface area contributed by atoms with Crippen LogP contribution in [0.4, 0.5) is 5.82 Å². The number of hydrogen-bond donors (Lipinski definition) is 1. The number of rotatable bonds is 8. The molecule has 2 amide bonds. The molecule has 1 atom stereocenters. The van der Waals surface area contributed by atoms with Gasteiger partial charge in [-0.25, -0.2) is 4.68 Å². The van der Waals surface area contributed by atoms with Crippen LogP contribution >= 0.6 is 34.7 Å². The van der Waals surface area contributed by atoms with Gasteiger partial charge in [0.15, 0.2) is 0 Å². The molecule has 1 unspecified atom stereocenters. The van der Waals surface area contributed by atoms with Gasteiger partial charge in [-0.05, 0) is 70.9 Å². The summed E-state index contributed by atoms with van der Waals surface area (Å²) in [6.45, 7) is 0.0477. The summed E-state index contributed by atoms with van der Waals surface area (Å²) in [4.78, 5) is 28.5. The number of methoxy groups -OCH3 is 1. The number of halogens is 1. The van der Waals surface area contributed by atoms with Gasteiger partial charge < -0.3 is 14.5 Å². The van der Waals surface area contributed by atoms with Crippen molar-refractivity contribution in [3.63, 3.8) is 0 Å². The highest BCUT2D eigenvalue weighted by atomic mass is 35.5. The Kier molecular flexibility index (Phi) is 7.86. The van der Waals surface area contributed by atoms with Crippen LogP contribution in [0.5, 0.6) is 5.75 Å². The molecule has 1 aliphatic heterocycles. The number of benzene rings is 2. The molecule has 0 bridgehead atoms. The van der Waals surface area contributed by atoms with Crippen LogP contribution < -0.4 is 15.0 Å². The number of anilines is 1. The Morgan fingerprint density at radius 3 is 2.63 bits per heavy atom. The maximum absolute atomic E-state index is 13.8. The molecule has 1 aliphatic rings. The van der Waals surface area contributed by atoms with Gasteiger partial charge in [0, 0.05) is 16.1 Å². The third-order valence-electron chi connectivity index (χ3n) is 6.71. The topological polar surface area (TPSA) is 89.6 Å². The average Bonchev–Trinajstić information content (AvgIpc) is 3.77. The maximum atomic E-state index is 13.8. The fourth-order valence-electron chi connectivity index (χ4n) is 4.73. The Bertz CT molecular complexity index is 1650. The lowest BCUT2D eigenvalue weighted by atomic mass is 10.0. The van der Waals surface area contributed by atoms with Crippen molar-refractivity contribution in [3.8, 4) is 22.7 Å². The molecule has 208 valence electrons. The quantitative estimate of drug-likeness (QED) is 0.222. The molecule has 1 N–H and O–H groups in total. The van der Waals surface area contributed by atoms with Crippen LogP contribution in [-0.4, -0.2) is 41.0 Å². The zero-order valence-corrected chi connectivity index (χ0v) is 24.3. The Labute approximate surface area is 249 Å². The number of thioether (sulfide) groups is 1. The standard InChI is InChI=1S/C30H25ClN4O4S2/c1-38-23-10-8-22(9-11-23)35-30-27(28(33-35)19-4-6-21(31)7-5-19)29(20-12-14-40-17-20)41-18-26(37)34(30)16-25(36)32-15-24-3-2-13-39-24/h2-14,17,29H,15-16,18H2,1H3,(H,32,36). The van der Waals surface area contributed by atoms with E-state index in [1.54, 1.807) is 46.4 Å². The van der Waals surface area contributed by atoms with Crippen LogP contribution in [0.2, 0.25) is 5.02 Å². The molecule has 0 spiro atoms. The van der Waals surface area contributed by atoms with E-state index in [0.717, 1.165) is 22.4 Å². The zero-order chi connectivity index (χ0) is 28.3. The number of carbonyl (C=O) groups excluding carboxylic acids is 2. The summed E-state index contributed by atoms with van der Waals surface area (Å²) >= 11 is 9.36. The molecule has 3 aromatic heterocycles. The predicted octanol–water partition coefficient (Wildman–Crippen LogP) is 6.34. The predicted molar refractivity (Wildman–Crippen MR) is 162 cm³/mol. The van der Waals surface area contributed by atoms with Crippen molar-refractivity contribution in [3.05, 3.63) is 106 Å². The summed E-state index contributed by atoms with van der Waals surface area (Å²) < 4.78 is 12.5. The molecular weight excluding hydrogens is 580 g/mol. The molecule has 0 fully saturated rings. The van der Waals surface area contributed by atoms with Gasteiger partial charge in [0.25, 0.3) is 0 Å². The van der Waals surface area contributed by atoms with E-state index in [1.165, 1.54) is 11.8 Å². The molecule has 0 saturated carbocycles. The van der Waals surface area contributed by atoms with Crippen molar-refractivity contribution < 1.29 is 18.7 Å². The second-order valence-corrected chi connectivity index (χ2v) is 11.6. The Hall–Kier alpha value is -3.99. The molecule has 0 radical (unpaired) electrons. The molecule has 5 aromatic rings. The highest BCUT2D eigenvalue weighted by Gasteiger charge is 2.37. The van der Waals surface area contributed by atoms with E-state index in [9.17, 15) is 9.59 Å². The molecule has 11 heteroatoms. The fourth-order valence-corrected chi connectivity index (χ4v) is 6.82. The highest BCUT2D eigenvalue weighted by Crippen LogP contribution is 2.49. The molecule has 41 heavy (non-hydrogen) atoms. The number of furan rings is 1. The molecule has 8 nitrogen and oxygen atoms in total. The summed E-state index contributed by atoms with van der Waals surface area (Å²) in [6.07, 6.45) is 1.56. The van der Waals surface area contributed by atoms with Crippen LogP contribution in [-0.2, 0) is 16.1 Å². The van der Waals surface area contributed by atoms with Gasteiger partial charge in [-0.3, -0.25) is 14.5 Å². The number of amides is 2. The number of carbonyl (C=O) groups is 2. The minimum absolute atomic E-state index is 0.175. The monoisotopic (exact) mass is 604 g/mol. The van der Waals surface area contributed by atoms with Crippen LogP contribution in [0.25, 0.3) is 16.9 Å². The summed E-state index contributed by atoms with van der Waals surface area (Å²) in [7, 11) is 1.61. The number of hydrogen-bond acceptors (Lipinski definition) is 7. The SMILES string of the molecule is COc1ccc(-n2nc(-c3ccc(Cl)cc3)c3c2N(CC(=O)NCc2ccco2)C(=O)CSC3c2ccsc2)cc1. The third-order valence-corrected chi connectivity index (χ3v) is 8.92. The van der Waals surface area contributed by atoms with Gasteiger partial charge in [0.1, 0.15) is 23.9 Å². The Balaban J connectivity index is 1.52. The second kappa shape index (κ2) is 11.9. The lowest BCUT2D eigenvalue weighted by Crippen LogP contribution is -2.42. The molecular formula is C30H25ClN4O4S2. The van der Waals surface area contributed by atoms with Crippen LogP contribution in [0.1, 0.15) is 22.1 Å². The van der Waals surface area contributed by atoms with Crippen LogP contribution in [0.15, 0.2) is 88.2 Å². The van der Waals surface area contributed by atoms with Crippen molar-refractivity contribution >= 4 is 52.3 Å². The summed E-state index contributed by atoms with van der Waals surface area (Å²) in [5, 5.41) is 12.5. The lowest BCUT2D eigenvalue weighted by molar-refractivity contribution is -0.123. The first-order chi connectivity index (χ1) is 20.0. The number of nitrogens with zero attached hydrogens (tertiary/aromatic N) is 3. The molecule has 6 rings (SSSR count). The number of ether oxygens (including phenoxy) is 1. The summed E-state index contributed by atoms with van der Waals surface area (Å²) in [5.74, 6) is 1.59. The second-order valence-electron chi connectivity index (χ2n) is 9.29. The Morgan fingerprint density at radius 1 is 1.15 bits per heavy atom. The van der Waals surface area contributed by atoms with Crippen LogP contribution in [0.3, 0.4) is 0 Å². The minimum Gasteiger partial charge on any atom is -0.497 e. The van der Waals surface area contributed by atoms with E-state index in [-0.39, 0.29) is 35.9 Å². The number of nitrogens with one attached hydrogen (secondary N) is 1. The average molecular weight is 605 g/mol. The van der Waals surface area contributed by atoms with Gasteiger partial charge >= 0.3 is 0 Å².